The highest BCUT2D eigenvalue weighted by atomic mass is 16.2. The van der Waals surface area contributed by atoms with E-state index in [1.54, 1.807) is 17.0 Å². The van der Waals surface area contributed by atoms with Crippen LogP contribution in [0.1, 0.15) is 28.4 Å². The Labute approximate surface area is 137 Å². The second-order valence-corrected chi connectivity index (χ2v) is 5.64. The summed E-state index contributed by atoms with van der Waals surface area (Å²) >= 11 is 0. The van der Waals surface area contributed by atoms with Crippen LogP contribution in [0, 0.1) is 13.8 Å². The molecule has 0 saturated carbocycles. The molecule has 0 spiro atoms. The average molecular weight is 310 g/mol. The molecule has 2 aromatic rings. The van der Waals surface area contributed by atoms with Crippen LogP contribution >= 0.6 is 0 Å². The lowest BCUT2D eigenvalue weighted by molar-refractivity contribution is -0.116. The Bertz CT molecular complexity index is 676. The molecule has 0 heterocycles. The van der Waals surface area contributed by atoms with Gasteiger partial charge in [-0.25, -0.2) is 0 Å². The number of anilines is 1. The van der Waals surface area contributed by atoms with Crippen molar-refractivity contribution < 1.29 is 9.59 Å². The molecule has 4 nitrogen and oxygen atoms in total. The van der Waals surface area contributed by atoms with Gasteiger partial charge in [0.05, 0.1) is 0 Å². The van der Waals surface area contributed by atoms with Crippen LogP contribution in [-0.4, -0.2) is 24.9 Å². The Balaban J connectivity index is 2.01. The molecular weight excluding hydrogens is 288 g/mol. The predicted molar refractivity (Wildman–Crippen MR) is 92.7 cm³/mol. The van der Waals surface area contributed by atoms with Crippen molar-refractivity contribution in [3.8, 4) is 0 Å². The number of carbonyl (C=O) groups excluding carboxylic acids is 2. The molecule has 23 heavy (non-hydrogen) atoms. The number of benzene rings is 2. The Morgan fingerprint density at radius 1 is 1.00 bits per heavy atom. The van der Waals surface area contributed by atoms with Crippen LogP contribution in [0.3, 0.4) is 0 Å². The molecule has 1 N–H and O–H groups in total. The van der Waals surface area contributed by atoms with Gasteiger partial charge in [-0.1, -0.05) is 24.3 Å². The summed E-state index contributed by atoms with van der Waals surface area (Å²) in [5.41, 5.74) is 3.70. The quantitative estimate of drug-likeness (QED) is 0.922. The summed E-state index contributed by atoms with van der Waals surface area (Å²) in [6.07, 6.45) is 0. The molecule has 0 aromatic heterocycles. The number of nitrogens with one attached hydrogen (secondary N) is 1. The molecule has 2 rings (SSSR count). The van der Waals surface area contributed by atoms with Gasteiger partial charge in [-0.15, -0.1) is 0 Å². The Kier molecular flexibility index (Phi) is 5.52. The monoisotopic (exact) mass is 310 g/mol. The van der Waals surface area contributed by atoms with Gasteiger partial charge in [-0.2, -0.15) is 0 Å². The fraction of sp³-hybridized carbons (Fsp3) is 0.263. The summed E-state index contributed by atoms with van der Waals surface area (Å²) in [6, 6.07) is 15.1. The first-order valence-electron chi connectivity index (χ1n) is 7.67. The molecule has 2 amide bonds. The van der Waals surface area contributed by atoms with E-state index in [9.17, 15) is 9.59 Å². The van der Waals surface area contributed by atoms with Gasteiger partial charge in [-0.05, 0) is 49.2 Å². The SMILES string of the molecule is CC(=O)N(CCNC(=O)c1ccccc1)c1cc(C)cc(C)c1. The fourth-order valence-electron chi connectivity index (χ4n) is 2.55. The molecule has 4 heteroatoms. The molecule has 120 valence electrons. The van der Waals surface area contributed by atoms with Gasteiger partial charge in [0.1, 0.15) is 0 Å². The Morgan fingerprint density at radius 3 is 2.17 bits per heavy atom. The Hall–Kier alpha value is -2.62. The van der Waals surface area contributed by atoms with Crippen LogP contribution < -0.4 is 10.2 Å². The van der Waals surface area contributed by atoms with Crippen LogP contribution in [-0.2, 0) is 4.79 Å². The molecule has 0 fully saturated rings. The van der Waals surface area contributed by atoms with Gasteiger partial charge >= 0.3 is 0 Å². The smallest absolute Gasteiger partial charge is 0.251 e. The number of amides is 2. The van der Waals surface area contributed by atoms with Gasteiger partial charge in [0, 0.05) is 31.3 Å². The maximum atomic E-state index is 12.0. The summed E-state index contributed by atoms with van der Waals surface area (Å²) < 4.78 is 0. The zero-order valence-corrected chi connectivity index (χ0v) is 13.8. The van der Waals surface area contributed by atoms with Crippen LogP contribution in [0.25, 0.3) is 0 Å². The minimum absolute atomic E-state index is 0.0380. The zero-order chi connectivity index (χ0) is 16.8. The second-order valence-electron chi connectivity index (χ2n) is 5.64. The molecular formula is C19H22N2O2. The number of hydrogen-bond donors (Lipinski definition) is 1. The van der Waals surface area contributed by atoms with Gasteiger partial charge in [0.2, 0.25) is 5.91 Å². The molecule has 0 aliphatic carbocycles. The minimum Gasteiger partial charge on any atom is -0.350 e. The van der Waals surface area contributed by atoms with Crippen molar-refractivity contribution in [2.24, 2.45) is 0 Å². The third kappa shape index (κ3) is 4.68. The first kappa shape index (κ1) is 16.7. The highest BCUT2D eigenvalue weighted by molar-refractivity contribution is 5.94. The summed E-state index contributed by atoms with van der Waals surface area (Å²) in [4.78, 5) is 25.6. The molecule has 0 aliphatic rings. The van der Waals surface area contributed by atoms with E-state index in [0.29, 0.717) is 18.7 Å². The predicted octanol–water partition coefficient (Wildman–Crippen LogP) is 3.09. The molecule has 0 unspecified atom stereocenters. The molecule has 0 bridgehead atoms. The number of nitrogens with zero attached hydrogens (tertiary/aromatic N) is 1. The van der Waals surface area contributed by atoms with Gasteiger partial charge < -0.3 is 10.2 Å². The van der Waals surface area contributed by atoms with E-state index in [4.69, 9.17) is 0 Å². The molecule has 0 saturated heterocycles. The summed E-state index contributed by atoms with van der Waals surface area (Å²) in [5, 5.41) is 2.85. The third-order valence-corrected chi connectivity index (χ3v) is 3.56. The van der Waals surface area contributed by atoms with Crippen molar-refractivity contribution in [3.63, 3.8) is 0 Å². The van der Waals surface area contributed by atoms with E-state index in [1.807, 2.05) is 44.2 Å². The van der Waals surface area contributed by atoms with Crippen molar-refractivity contribution in [2.45, 2.75) is 20.8 Å². The van der Waals surface area contributed by atoms with Crippen molar-refractivity contribution in [2.75, 3.05) is 18.0 Å². The van der Waals surface area contributed by atoms with Crippen molar-refractivity contribution in [3.05, 3.63) is 65.2 Å². The lowest BCUT2D eigenvalue weighted by Crippen LogP contribution is -2.37. The largest absolute Gasteiger partial charge is 0.350 e. The minimum atomic E-state index is -0.130. The molecule has 0 radical (unpaired) electrons. The van der Waals surface area contributed by atoms with Crippen molar-refractivity contribution in [1.82, 2.24) is 5.32 Å². The van der Waals surface area contributed by atoms with Gasteiger partial charge in [0.15, 0.2) is 0 Å². The topological polar surface area (TPSA) is 49.4 Å². The third-order valence-electron chi connectivity index (χ3n) is 3.56. The number of hydrogen-bond acceptors (Lipinski definition) is 2. The second kappa shape index (κ2) is 7.58. The number of rotatable bonds is 5. The fourth-order valence-corrected chi connectivity index (χ4v) is 2.55. The van der Waals surface area contributed by atoms with Gasteiger partial charge in [-0.3, -0.25) is 9.59 Å². The average Bonchev–Trinajstić information content (AvgIpc) is 2.50. The van der Waals surface area contributed by atoms with E-state index >= 15 is 0 Å². The lowest BCUT2D eigenvalue weighted by atomic mass is 10.1. The van der Waals surface area contributed by atoms with E-state index in [-0.39, 0.29) is 11.8 Å². The molecule has 2 aromatic carbocycles. The van der Waals surface area contributed by atoms with Gasteiger partial charge in [0.25, 0.3) is 5.91 Å². The normalized spacial score (nSPS) is 10.2. The lowest BCUT2D eigenvalue weighted by Gasteiger charge is -2.22. The van der Waals surface area contributed by atoms with Crippen LogP contribution in [0.5, 0.6) is 0 Å². The summed E-state index contributed by atoms with van der Waals surface area (Å²) in [7, 11) is 0. The number of aryl methyl sites for hydroxylation is 2. The Morgan fingerprint density at radius 2 is 1.61 bits per heavy atom. The van der Waals surface area contributed by atoms with Crippen LogP contribution in [0.2, 0.25) is 0 Å². The highest BCUT2D eigenvalue weighted by Crippen LogP contribution is 2.18. The maximum Gasteiger partial charge on any atom is 0.251 e. The molecule has 0 aliphatic heterocycles. The van der Waals surface area contributed by atoms with Crippen molar-refractivity contribution >= 4 is 17.5 Å². The highest BCUT2D eigenvalue weighted by Gasteiger charge is 2.13. The van der Waals surface area contributed by atoms with Crippen LogP contribution in [0.15, 0.2) is 48.5 Å². The standard InChI is InChI=1S/C19H22N2O2/c1-14-11-15(2)13-18(12-14)21(16(3)22)10-9-20-19(23)17-7-5-4-6-8-17/h4-8,11-13H,9-10H2,1-3H3,(H,20,23). The van der Waals surface area contributed by atoms with E-state index in [1.165, 1.54) is 6.92 Å². The van der Waals surface area contributed by atoms with Crippen LogP contribution in [0.4, 0.5) is 5.69 Å². The first-order valence-corrected chi connectivity index (χ1v) is 7.67. The van der Waals surface area contributed by atoms with E-state index < -0.39 is 0 Å². The summed E-state index contributed by atoms with van der Waals surface area (Å²) in [5.74, 6) is -0.168. The van der Waals surface area contributed by atoms with E-state index in [2.05, 4.69) is 11.4 Å². The zero-order valence-electron chi connectivity index (χ0n) is 13.8. The summed E-state index contributed by atoms with van der Waals surface area (Å²) in [6.45, 7) is 6.39. The maximum absolute atomic E-state index is 12.0. The molecule has 0 atom stereocenters. The number of carbonyl (C=O) groups is 2. The van der Waals surface area contributed by atoms with E-state index in [0.717, 1.165) is 16.8 Å². The first-order chi connectivity index (χ1) is 11.0. The van der Waals surface area contributed by atoms with Crippen molar-refractivity contribution in [1.29, 1.82) is 0 Å².